The highest BCUT2D eigenvalue weighted by atomic mass is 16.5. The van der Waals surface area contributed by atoms with Gasteiger partial charge in [-0.1, -0.05) is 60.7 Å². The molecule has 6 aromatic rings. The van der Waals surface area contributed by atoms with Gasteiger partial charge in [-0.25, -0.2) is 4.68 Å². The summed E-state index contributed by atoms with van der Waals surface area (Å²) in [7, 11) is 0. The van der Waals surface area contributed by atoms with Gasteiger partial charge in [0.15, 0.2) is 0 Å². The molecule has 0 bridgehead atoms. The summed E-state index contributed by atoms with van der Waals surface area (Å²) in [6, 6.07) is 35.9. The highest BCUT2D eigenvalue weighted by Gasteiger charge is 2.16. The zero-order chi connectivity index (χ0) is 25.7. The van der Waals surface area contributed by atoms with Crippen LogP contribution in [0.2, 0.25) is 0 Å². The van der Waals surface area contributed by atoms with E-state index in [2.05, 4.69) is 16.3 Å². The van der Waals surface area contributed by atoms with Crippen molar-refractivity contribution in [3.63, 3.8) is 0 Å². The Kier molecular flexibility index (Phi) is 6.27. The number of nitriles is 1. The molecule has 0 saturated heterocycles. The molecule has 0 saturated carbocycles. The van der Waals surface area contributed by atoms with Crippen LogP contribution in [0.3, 0.4) is 0 Å². The number of nitrogens with zero attached hydrogens (tertiary/aromatic N) is 5. The molecule has 2 aromatic heterocycles. The number of aromatic nitrogens is 3. The number of ether oxygens (including phenoxy) is 1. The number of fused-ring (bicyclic) bond motifs is 1. The third-order valence-electron chi connectivity index (χ3n) is 6.30. The third-order valence-corrected chi connectivity index (χ3v) is 6.30. The molecule has 184 valence electrons. The van der Waals surface area contributed by atoms with Crippen molar-refractivity contribution in [2.24, 2.45) is 0 Å². The summed E-state index contributed by atoms with van der Waals surface area (Å²) in [5.41, 5.74) is 5.10. The van der Waals surface area contributed by atoms with Gasteiger partial charge in [0.25, 0.3) is 0 Å². The van der Waals surface area contributed by atoms with Crippen molar-refractivity contribution in [2.75, 3.05) is 5.01 Å². The van der Waals surface area contributed by atoms with Crippen LogP contribution < -0.4 is 9.75 Å². The van der Waals surface area contributed by atoms with E-state index in [1.165, 1.54) is 0 Å². The molecule has 4 aromatic carbocycles. The topological polar surface area (TPSA) is 80.1 Å². The van der Waals surface area contributed by atoms with Crippen LogP contribution in [0, 0.1) is 11.3 Å². The predicted octanol–water partition coefficient (Wildman–Crippen LogP) is 6.61. The number of para-hydroxylation sites is 1. The monoisotopic (exact) mass is 497 g/mol. The summed E-state index contributed by atoms with van der Waals surface area (Å²) >= 11 is 0. The van der Waals surface area contributed by atoms with E-state index in [0.29, 0.717) is 24.5 Å². The molecule has 6 rings (SSSR count). The number of furan rings is 1. The van der Waals surface area contributed by atoms with Crippen LogP contribution in [0.5, 0.6) is 5.75 Å². The summed E-state index contributed by atoms with van der Waals surface area (Å²) < 4.78 is 13.9. The normalized spacial score (nSPS) is 10.8. The Morgan fingerprint density at radius 1 is 0.816 bits per heavy atom. The maximum atomic E-state index is 9.80. The first-order chi connectivity index (χ1) is 18.8. The highest BCUT2D eigenvalue weighted by molar-refractivity contribution is 5.84. The molecule has 0 fully saturated rings. The Morgan fingerprint density at radius 2 is 1.58 bits per heavy atom. The van der Waals surface area contributed by atoms with E-state index >= 15 is 0 Å². The number of anilines is 1. The van der Waals surface area contributed by atoms with Crippen LogP contribution in [0.1, 0.15) is 16.7 Å². The number of benzene rings is 4. The molecule has 0 N–H and O–H groups in total. The molecule has 7 nitrogen and oxygen atoms in total. The maximum Gasteiger partial charge on any atom is 0.139 e. The fourth-order valence-electron chi connectivity index (χ4n) is 4.34. The summed E-state index contributed by atoms with van der Waals surface area (Å²) in [4.78, 5) is 0. The molecule has 0 aliphatic heterocycles. The molecular weight excluding hydrogens is 474 g/mol. The smallest absolute Gasteiger partial charge is 0.139 e. The molecule has 0 aliphatic rings. The van der Waals surface area contributed by atoms with Crippen molar-refractivity contribution in [3.05, 3.63) is 132 Å². The minimum atomic E-state index is 0.517. The first-order valence-corrected chi connectivity index (χ1v) is 12.2. The van der Waals surface area contributed by atoms with Crippen LogP contribution >= 0.6 is 0 Å². The van der Waals surface area contributed by atoms with Crippen LogP contribution in [0.4, 0.5) is 5.69 Å². The lowest BCUT2D eigenvalue weighted by molar-refractivity contribution is 0.306. The minimum absolute atomic E-state index is 0.517. The number of hydrogen-bond acceptors (Lipinski definition) is 6. The van der Waals surface area contributed by atoms with Crippen molar-refractivity contribution in [2.45, 2.75) is 13.2 Å². The average molecular weight is 498 g/mol. The maximum absolute atomic E-state index is 9.80. The van der Waals surface area contributed by atoms with Gasteiger partial charge in [0, 0.05) is 10.9 Å². The fraction of sp³-hybridized carbons (Fsp3) is 0.0645. The van der Waals surface area contributed by atoms with E-state index in [1.807, 2.05) is 113 Å². The Hall–Kier alpha value is -5.35. The second-order valence-corrected chi connectivity index (χ2v) is 8.81. The van der Waals surface area contributed by atoms with Gasteiger partial charge in [-0.15, -0.1) is 10.2 Å². The summed E-state index contributed by atoms with van der Waals surface area (Å²) in [6.45, 7) is 1.06. The zero-order valence-electron chi connectivity index (χ0n) is 20.4. The van der Waals surface area contributed by atoms with E-state index in [0.717, 1.165) is 39.1 Å². The quantitative estimate of drug-likeness (QED) is 0.235. The standard InChI is InChI=1S/C31H23N5O2/c32-18-26-12-13-27(17-29(26)31-16-25-8-4-5-9-30(25)38-31)36(35-21-33-34-22-35)19-23-10-14-28(15-11-23)37-20-24-6-2-1-3-7-24/h1-17,21-22H,19-20H2. The number of hydrogen-bond donors (Lipinski definition) is 0. The second kappa shape index (κ2) is 10.3. The number of rotatable bonds is 8. The van der Waals surface area contributed by atoms with Gasteiger partial charge < -0.3 is 9.15 Å². The van der Waals surface area contributed by atoms with E-state index in [-0.39, 0.29) is 0 Å². The van der Waals surface area contributed by atoms with Gasteiger partial charge in [-0.3, -0.25) is 5.01 Å². The molecule has 0 aliphatic carbocycles. The first-order valence-electron chi connectivity index (χ1n) is 12.2. The fourth-order valence-corrected chi connectivity index (χ4v) is 4.34. The van der Waals surface area contributed by atoms with Crippen LogP contribution in [0.15, 0.2) is 120 Å². The van der Waals surface area contributed by atoms with E-state index in [1.54, 1.807) is 12.7 Å². The summed E-state index contributed by atoms with van der Waals surface area (Å²) in [5.74, 6) is 1.45. The lowest BCUT2D eigenvalue weighted by Gasteiger charge is -2.25. The lowest BCUT2D eigenvalue weighted by atomic mass is 10.0. The summed E-state index contributed by atoms with van der Waals surface area (Å²) in [6.07, 6.45) is 3.30. The molecule has 0 atom stereocenters. The van der Waals surface area contributed by atoms with E-state index < -0.39 is 0 Å². The molecule has 38 heavy (non-hydrogen) atoms. The molecule has 0 spiro atoms. The summed E-state index contributed by atoms with van der Waals surface area (Å²) in [5, 5.41) is 20.8. The average Bonchev–Trinajstić information content (AvgIpc) is 3.66. The van der Waals surface area contributed by atoms with Crippen LogP contribution in [-0.2, 0) is 13.2 Å². The third kappa shape index (κ3) is 4.84. The highest BCUT2D eigenvalue weighted by Crippen LogP contribution is 2.33. The zero-order valence-corrected chi connectivity index (χ0v) is 20.4. The van der Waals surface area contributed by atoms with Gasteiger partial charge in [0.1, 0.15) is 36.4 Å². The van der Waals surface area contributed by atoms with Gasteiger partial charge in [-0.2, -0.15) is 5.26 Å². The Balaban J connectivity index is 1.29. The van der Waals surface area contributed by atoms with Crippen molar-refractivity contribution in [1.29, 1.82) is 5.26 Å². The van der Waals surface area contributed by atoms with E-state index in [9.17, 15) is 5.26 Å². The molecule has 0 unspecified atom stereocenters. The molecule has 0 radical (unpaired) electrons. The molecule has 2 heterocycles. The van der Waals surface area contributed by atoms with Gasteiger partial charge >= 0.3 is 0 Å². The molecule has 0 amide bonds. The van der Waals surface area contributed by atoms with Gasteiger partial charge in [-0.05, 0) is 53.6 Å². The predicted molar refractivity (Wildman–Crippen MR) is 145 cm³/mol. The lowest BCUT2D eigenvalue weighted by Crippen LogP contribution is -2.27. The van der Waals surface area contributed by atoms with Gasteiger partial charge in [0.05, 0.1) is 23.9 Å². The second-order valence-electron chi connectivity index (χ2n) is 8.81. The van der Waals surface area contributed by atoms with Crippen molar-refractivity contribution >= 4 is 16.7 Å². The Morgan fingerprint density at radius 3 is 2.34 bits per heavy atom. The van der Waals surface area contributed by atoms with E-state index in [4.69, 9.17) is 9.15 Å². The Labute approximate surface area is 219 Å². The SMILES string of the molecule is N#Cc1ccc(N(Cc2ccc(OCc3ccccc3)cc2)n2cnnc2)cc1-c1cc2ccccc2o1. The minimum Gasteiger partial charge on any atom is -0.489 e. The Bertz CT molecular complexity index is 1670. The van der Waals surface area contributed by atoms with Gasteiger partial charge in [0.2, 0.25) is 0 Å². The first kappa shape index (κ1) is 23.1. The van der Waals surface area contributed by atoms with Crippen LogP contribution in [0.25, 0.3) is 22.3 Å². The largest absolute Gasteiger partial charge is 0.489 e. The van der Waals surface area contributed by atoms with Crippen molar-refractivity contribution in [3.8, 4) is 23.1 Å². The van der Waals surface area contributed by atoms with Crippen LogP contribution in [-0.4, -0.2) is 14.9 Å². The van der Waals surface area contributed by atoms with Crippen molar-refractivity contribution < 1.29 is 9.15 Å². The molecular formula is C31H23N5O2. The molecule has 7 heteroatoms. The van der Waals surface area contributed by atoms with Crippen molar-refractivity contribution in [1.82, 2.24) is 14.9 Å².